The molecule has 1 heterocycles. The van der Waals surface area contributed by atoms with E-state index in [1.54, 1.807) is 0 Å². The van der Waals surface area contributed by atoms with Crippen molar-refractivity contribution in [3.05, 3.63) is 29.3 Å². The van der Waals surface area contributed by atoms with Crippen molar-refractivity contribution in [3.8, 4) is 0 Å². The molecule has 132 valence electrons. The minimum absolute atomic E-state index is 0.0316. The Morgan fingerprint density at radius 3 is 2.46 bits per heavy atom. The molecule has 0 aromatic heterocycles. The Kier molecular flexibility index (Phi) is 5.79. The quantitative estimate of drug-likeness (QED) is 0.667. The Balaban J connectivity index is 2.08. The third kappa shape index (κ3) is 4.21. The fourth-order valence-electron chi connectivity index (χ4n) is 2.20. The zero-order valence-corrected chi connectivity index (χ0v) is 15.2. The topological polar surface area (TPSA) is 113 Å². The lowest BCUT2D eigenvalue weighted by Gasteiger charge is -2.26. The number of carboxylic acids is 1. The average molecular weight is 393 g/mol. The molecule has 1 aliphatic rings. The maximum absolute atomic E-state index is 12.3. The van der Waals surface area contributed by atoms with Crippen LogP contribution >= 0.6 is 23.4 Å². The summed E-state index contributed by atoms with van der Waals surface area (Å²) >= 11 is 7.15. The third-order valence-corrected chi connectivity index (χ3v) is 6.64. The number of halogens is 1. The molecule has 1 aliphatic heterocycles. The molecule has 0 bridgehead atoms. The number of aliphatic carboxylic acids is 1. The molecule has 1 fully saturated rings. The van der Waals surface area contributed by atoms with Crippen LogP contribution in [-0.4, -0.2) is 48.5 Å². The molecule has 2 unspecified atom stereocenters. The monoisotopic (exact) mass is 392 g/mol. The number of carbonyl (C=O) groups is 2. The van der Waals surface area contributed by atoms with Crippen molar-refractivity contribution in [2.75, 3.05) is 11.5 Å². The summed E-state index contributed by atoms with van der Waals surface area (Å²) in [5, 5.41) is 12.2. The van der Waals surface area contributed by atoms with Gasteiger partial charge < -0.3 is 10.4 Å². The van der Waals surface area contributed by atoms with Crippen LogP contribution in [0.4, 0.5) is 0 Å². The van der Waals surface area contributed by atoms with Crippen LogP contribution in [0.15, 0.2) is 29.2 Å². The Bertz CT molecular complexity index is 730. The second-order valence-corrected chi connectivity index (χ2v) is 8.73. The minimum Gasteiger partial charge on any atom is -0.479 e. The Labute approximate surface area is 149 Å². The molecule has 24 heavy (non-hydrogen) atoms. The molecule has 1 amide bonds. The van der Waals surface area contributed by atoms with Gasteiger partial charge in [-0.25, -0.2) is 13.2 Å². The van der Waals surface area contributed by atoms with Crippen molar-refractivity contribution < 1.29 is 23.1 Å². The molecule has 2 atom stereocenters. The lowest BCUT2D eigenvalue weighted by Crippen LogP contribution is -2.59. The summed E-state index contributed by atoms with van der Waals surface area (Å²) in [6, 6.07) is 4.38. The first-order valence-corrected chi connectivity index (χ1v) is 10.1. The SMILES string of the molecule is CC(NS(=O)(=O)c1ccc(Cl)cc1)C(=O)NC1(C(=O)O)CCSC1. The van der Waals surface area contributed by atoms with Gasteiger partial charge in [0.2, 0.25) is 15.9 Å². The molecule has 0 aliphatic carbocycles. The van der Waals surface area contributed by atoms with E-state index in [1.165, 1.54) is 43.0 Å². The molecule has 10 heteroatoms. The Hall–Kier alpha value is -1.29. The van der Waals surface area contributed by atoms with Gasteiger partial charge in [0.05, 0.1) is 10.9 Å². The highest BCUT2D eigenvalue weighted by Gasteiger charge is 2.44. The second kappa shape index (κ2) is 7.30. The van der Waals surface area contributed by atoms with E-state index >= 15 is 0 Å². The summed E-state index contributed by atoms with van der Waals surface area (Å²) in [5.41, 5.74) is -1.35. The van der Waals surface area contributed by atoms with Crippen molar-refractivity contribution in [1.29, 1.82) is 0 Å². The molecule has 1 saturated heterocycles. The van der Waals surface area contributed by atoms with E-state index in [0.717, 1.165) is 0 Å². The van der Waals surface area contributed by atoms with Gasteiger partial charge in [0.1, 0.15) is 5.54 Å². The van der Waals surface area contributed by atoms with Gasteiger partial charge in [0.15, 0.2) is 0 Å². The number of amides is 1. The van der Waals surface area contributed by atoms with Crippen LogP contribution in [-0.2, 0) is 19.6 Å². The van der Waals surface area contributed by atoms with Crippen molar-refractivity contribution in [2.24, 2.45) is 0 Å². The van der Waals surface area contributed by atoms with Crippen molar-refractivity contribution in [2.45, 2.75) is 29.8 Å². The lowest BCUT2D eigenvalue weighted by atomic mass is 9.99. The molecule has 1 aromatic rings. The first kappa shape index (κ1) is 19.0. The molecule has 0 spiro atoms. The molecule has 1 aromatic carbocycles. The molecule has 0 radical (unpaired) electrons. The fraction of sp³-hybridized carbons (Fsp3) is 0.429. The van der Waals surface area contributed by atoms with Gasteiger partial charge in [0.25, 0.3) is 0 Å². The summed E-state index contributed by atoms with van der Waals surface area (Å²) in [5.74, 6) is -0.923. The molecule has 0 saturated carbocycles. The highest BCUT2D eigenvalue weighted by molar-refractivity contribution is 7.99. The van der Waals surface area contributed by atoms with E-state index in [9.17, 15) is 23.1 Å². The Morgan fingerprint density at radius 2 is 1.96 bits per heavy atom. The predicted octanol–water partition coefficient (Wildman–Crippen LogP) is 1.08. The standard InChI is InChI=1S/C14H17ClN2O5S2/c1-9(12(18)16-14(13(19)20)6-7-23-8-14)17-24(21,22)11-4-2-10(15)3-5-11/h2-5,9,17H,6-8H2,1H3,(H,16,18)(H,19,20). The fourth-order valence-corrected chi connectivity index (χ4v) is 4.85. The van der Waals surface area contributed by atoms with Crippen LogP contribution in [0, 0.1) is 0 Å². The number of rotatable bonds is 6. The van der Waals surface area contributed by atoms with E-state index in [1.807, 2.05) is 0 Å². The van der Waals surface area contributed by atoms with Crippen molar-refractivity contribution in [3.63, 3.8) is 0 Å². The van der Waals surface area contributed by atoms with Crippen LogP contribution in [0.3, 0.4) is 0 Å². The van der Waals surface area contributed by atoms with Crippen LogP contribution in [0.25, 0.3) is 0 Å². The number of hydrogen-bond donors (Lipinski definition) is 3. The second-order valence-electron chi connectivity index (χ2n) is 5.48. The molecule has 3 N–H and O–H groups in total. The summed E-state index contributed by atoms with van der Waals surface area (Å²) < 4.78 is 26.7. The lowest BCUT2D eigenvalue weighted by molar-refractivity contribution is -0.146. The summed E-state index contributed by atoms with van der Waals surface area (Å²) in [4.78, 5) is 23.6. The van der Waals surface area contributed by atoms with Crippen LogP contribution in [0.2, 0.25) is 5.02 Å². The van der Waals surface area contributed by atoms with E-state index in [-0.39, 0.29) is 10.6 Å². The largest absolute Gasteiger partial charge is 0.479 e. The van der Waals surface area contributed by atoms with Crippen LogP contribution in [0.1, 0.15) is 13.3 Å². The molecule has 2 rings (SSSR count). The number of carboxylic acid groups (broad SMARTS) is 1. The molecular formula is C14H17ClN2O5S2. The number of carbonyl (C=O) groups excluding carboxylic acids is 1. The van der Waals surface area contributed by atoms with Gasteiger partial charge >= 0.3 is 5.97 Å². The minimum atomic E-state index is -3.92. The van der Waals surface area contributed by atoms with Crippen molar-refractivity contribution in [1.82, 2.24) is 10.0 Å². The van der Waals surface area contributed by atoms with E-state index in [0.29, 0.717) is 17.2 Å². The van der Waals surface area contributed by atoms with E-state index < -0.39 is 33.5 Å². The molecule has 7 nitrogen and oxygen atoms in total. The first-order valence-electron chi connectivity index (χ1n) is 7.07. The van der Waals surface area contributed by atoms with Crippen LogP contribution < -0.4 is 10.0 Å². The van der Waals surface area contributed by atoms with Gasteiger partial charge in [-0.2, -0.15) is 16.5 Å². The highest BCUT2D eigenvalue weighted by Crippen LogP contribution is 2.28. The summed E-state index contributed by atoms with van der Waals surface area (Å²) in [7, 11) is -3.92. The van der Waals surface area contributed by atoms with Gasteiger partial charge in [-0.05, 0) is 43.4 Å². The van der Waals surface area contributed by atoms with E-state index in [4.69, 9.17) is 11.6 Å². The Morgan fingerprint density at radius 1 is 1.33 bits per heavy atom. The average Bonchev–Trinajstić information content (AvgIpc) is 2.97. The van der Waals surface area contributed by atoms with Crippen molar-refractivity contribution >= 4 is 45.3 Å². The van der Waals surface area contributed by atoms with Gasteiger partial charge in [0, 0.05) is 10.8 Å². The van der Waals surface area contributed by atoms with Gasteiger partial charge in [-0.3, -0.25) is 4.79 Å². The smallest absolute Gasteiger partial charge is 0.330 e. The number of thioether (sulfide) groups is 1. The number of hydrogen-bond acceptors (Lipinski definition) is 5. The van der Waals surface area contributed by atoms with E-state index in [2.05, 4.69) is 10.0 Å². The molecular weight excluding hydrogens is 376 g/mol. The zero-order valence-electron chi connectivity index (χ0n) is 12.8. The maximum Gasteiger partial charge on any atom is 0.330 e. The summed E-state index contributed by atoms with van der Waals surface area (Å²) in [6.07, 6.45) is 0.301. The number of nitrogens with one attached hydrogen (secondary N) is 2. The zero-order chi connectivity index (χ0) is 18.0. The summed E-state index contributed by atoms with van der Waals surface area (Å²) in [6.45, 7) is 1.36. The maximum atomic E-state index is 12.3. The van der Waals surface area contributed by atoms with Gasteiger partial charge in [-0.1, -0.05) is 11.6 Å². The first-order chi connectivity index (χ1) is 11.2. The highest BCUT2D eigenvalue weighted by atomic mass is 35.5. The third-order valence-electron chi connectivity index (χ3n) is 3.64. The number of sulfonamides is 1. The number of benzene rings is 1. The van der Waals surface area contributed by atoms with Crippen LogP contribution in [0.5, 0.6) is 0 Å². The van der Waals surface area contributed by atoms with Gasteiger partial charge in [-0.15, -0.1) is 0 Å². The normalized spacial score (nSPS) is 22.1. The predicted molar refractivity (Wildman–Crippen MR) is 91.7 cm³/mol.